The minimum absolute atomic E-state index is 0.111. The Morgan fingerprint density at radius 1 is 1.40 bits per heavy atom. The summed E-state index contributed by atoms with van der Waals surface area (Å²) in [5.41, 5.74) is 0.579. The van der Waals surface area contributed by atoms with Gasteiger partial charge in [0, 0.05) is 18.7 Å². The highest BCUT2D eigenvalue weighted by Crippen LogP contribution is 2.22. The summed E-state index contributed by atoms with van der Waals surface area (Å²) >= 11 is 0. The second-order valence-electron chi connectivity index (χ2n) is 4.82. The number of halogens is 4. The fourth-order valence-electron chi connectivity index (χ4n) is 1.47. The number of aliphatic hydroxyl groups excluding tert-OH is 1. The Morgan fingerprint density at radius 3 is 2.55 bits per heavy atom. The molecule has 1 unspecified atom stereocenters. The Bertz CT molecular complexity index is 410. The highest BCUT2D eigenvalue weighted by Gasteiger charge is 2.41. The number of alkyl halides is 4. The lowest BCUT2D eigenvalue weighted by Gasteiger charge is -2.16. The minimum atomic E-state index is -4.20. The third-order valence-corrected chi connectivity index (χ3v) is 2.56. The van der Waals surface area contributed by atoms with E-state index >= 15 is 0 Å². The molecule has 0 saturated heterocycles. The predicted molar refractivity (Wildman–Crippen MR) is 64.1 cm³/mol. The number of ether oxygens (including phenoxy) is 1. The molecule has 0 radical (unpaired) electrons. The van der Waals surface area contributed by atoms with Crippen molar-refractivity contribution in [3.8, 4) is 0 Å². The van der Waals surface area contributed by atoms with Crippen molar-refractivity contribution in [2.24, 2.45) is 0 Å². The van der Waals surface area contributed by atoms with E-state index in [0.29, 0.717) is 5.69 Å². The van der Waals surface area contributed by atoms with Crippen LogP contribution in [0.5, 0.6) is 0 Å². The Labute approximate surface area is 114 Å². The Hall–Kier alpha value is -1.15. The van der Waals surface area contributed by atoms with Gasteiger partial charge in [0.15, 0.2) is 0 Å². The summed E-state index contributed by atoms with van der Waals surface area (Å²) in [6, 6.07) is 1.86. The van der Waals surface area contributed by atoms with Gasteiger partial charge in [-0.1, -0.05) is 0 Å². The molecule has 1 heterocycles. The van der Waals surface area contributed by atoms with Crippen LogP contribution in [0, 0.1) is 0 Å². The molecule has 8 heteroatoms. The number of nitrogens with zero attached hydrogens (tertiary/aromatic N) is 2. The molecular formula is C12H18F4N2O2. The molecule has 1 N–H and O–H groups in total. The van der Waals surface area contributed by atoms with Crippen molar-refractivity contribution in [2.45, 2.75) is 44.8 Å². The average molecular weight is 298 g/mol. The number of hydrogen-bond acceptors (Lipinski definition) is 3. The quantitative estimate of drug-likeness (QED) is 0.749. The maximum Gasteiger partial charge on any atom is 0.330 e. The van der Waals surface area contributed by atoms with Crippen LogP contribution in [0.2, 0.25) is 0 Å². The van der Waals surface area contributed by atoms with E-state index in [1.165, 1.54) is 0 Å². The average Bonchev–Trinajstić information content (AvgIpc) is 2.77. The van der Waals surface area contributed by atoms with Gasteiger partial charge in [0.25, 0.3) is 0 Å². The van der Waals surface area contributed by atoms with Crippen molar-refractivity contribution in [1.82, 2.24) is 9.78 Å². The molecule has 20 heavy (non-hydrogen) atoms. The first-order chi connectivity index (χ1) is 9.22. The fraction of sp³-hybridized carbons (Fsp3) is 0.750. The molecule has 0 aliphatic carbocycles. The number of hydrogen-bond donors (Lipinski definition) is 1. The molecule has 0 amide bonds. The zero-order valence-corrected chi connectivity index (χ0v) is 11.3. The van der Waals surface area contributed by atoms with Crippen molar-refractivity contribution in [1.29, 1.82) is 0 Å². The molecule has 1 atom stereocenters. The topological polar surface area (TPSA) is 47.3 Å². The molecule has 1 aromatic heterocycles. The van der Waals surface area contributed by atoms with Crippen LogP contribution >= 0.6 is 0 Å². The van der Waals surface area contributed by atoms with Crippen LogP contribution in [0.3, 0.4) is 0 Å². The molecule has 0 aliphatic rings. The molecule has 4 nitrogen and oxygen atoms in total. The van der Waals surface area contributed by atoms with E-state index in [2.05, 4.69) is 9.84 Å². The number of aliphatic hydroxyl groups is 1. The monoisotopic (exact) mass is 298 g/mol. The van der Waals surface area contributed by atoms with E-state index in [1.54, 1.807) is 16.9 Å². The number of rotatable bonds is 8. The number of aromatic nitrogens is 2. The highest BCUT2D eigenvalue weighted by atomic mass is 19.3. The van der Waals surface area contributed by atoms with E-state index in [-0.39, 0.29) is 12.5 Å². The molecule has 1 rings (SSSR count). The lowest BCUT2D eigenvalue weighted by molar-refractivity contribution is -0.170. The molecule has 0 bridgehead atoms. The van der Waals surface area contributed by atoms with Gasteiger partial charge in [0.1, 0.15) is 6.61 Å². The van der Waals surface area contributed by atoms with E-state index in [4.69, 9.17) is 0 Å². The van der Waals surface area contributed by atoms with Crippen LogP contribution in [-0.4, -0.2) is 46.6 Å². The molecule has 0 aromatic carbocycles. The normalized spacial score (nSPS) is 14.2. The fourth-order valence-corrected chi connectivity index (χ4v) is 1.47. The first-order valence-corrected chi connectivity index (χ1v) is 6.18. The van der Waals surface area contributed by atoms with Crippen LogP contribution in [0.25, 0.3) is 0 Å². The van der Waals surface area contributed by atoms with Crippen molar-refractivity contribution < 1.29 is 27.4 Å². The minimum Gasteiger partial charge on any atom is -0.390 e. The molecule has 0 aliphatic heterocycles. The molecule has 0 fully saturated rings. The van der Waals surface area contributed by atoms with Crippen LogP contribution in [0.4, 0.5) is 17.6 Å². The van der Waals surface area contributed by atoms with Crippen molar-refractivity contribution in [3.05, 3.63) is 18.0 Å². The van der Waals surface area contributed by atoms with Crippen LogP contribution in [-0.2, 0) is 11.2 Å². The Balaban J connectivity index is 2.34. The highest BCUT2D eigenvalue weighted by molar-refractivity contribution is 5.01. The lowest BCUT2D eigenvalue weighted by Crippen LogP contribution is -2.34. The van der Waals surface area contributed by atoms with Crippen LogP contribution in [0.1, 0.15) is 25.6 Å². The largest absolute Gasteiger partial charge is 0.390 e. The summed E-state index contributed by atoms with van der Waals surface area (Å²) in [6.45, 7) is 2.00. The maximum absolute atomic E-state index is 12.5. The Kier molecular flexibility index (Phi) is 5.94. The van der Waals surface area contributed by atoms with Crippen molar-refractivity contribution in [3.63, 3.8) is 0 Å². The van der Waals surface area contributed by atoms with Gasteiger partial charge in [-0.3, -0.25) is 4.68 Å². The smallest absolute Gasteiger partial charge is 0.330 e. The van der Waals surface area contributed by atoms with E-state index in [1.807, 2.05) is 13.8 Å². The lowest BCUT2D eigenvalue weighted by atomic mass is 10.2. The Morgan fingerprint density at radius 2 is 2.05 bits per heavy atom. The summed E-state index contributed by atoms with van der Waals surface area (Å²) in [5, 5.41) is 13.7. The molecule has 0 spiro atoms. The summed E-state index contributed by atoms with van der Waals surface area (Å²) in [5.74, 6) is -4.20. The summed E-state index contributed by atoms with van der Waals surface area (Å²) < 4.78 is 54.9. The van der Waals surface area contributed by atoms with Crippen molar-refractivity contribution in [2.75, 3.05) is 13.2 Å². The van der Waals surface area contributed by atoms with Crippen LogP contribution in [0.15, 0.2) is 12.3 Å². The summed E-state index contributed by atoms with van der Waals surface area (Å²) in [4.78, 5) is 0. The first-order valence-electron chi connectivity index (χ1n) is 6.18. The third-order valence-electron chi connectivity index (χ3n) is 2.56. The van der Waals surface area contributed by atoms with Crippen LogP contribution < -0.4 is 0 Å². The summed E-state index contributed by atoms with van der Waals surface area (Å²) in [6.07, 6.45) is -3.00. The van der Waals surface area contributed by atoms with Gasteiger partial charge < -0.3 is 9.84 Å². The zero-order valence-electron chi connectivity index (χ0n) is 11.3. The standard InChI is InChI=1S/C12H18F4N2O2/c1-8(2)18-4-3-9(17-18)5-10(19)6-20-7-12(15,16)11(13)14/h3-4,8,10-11,19H,5-7H2,1-2H3. The van der Waals surface area contributed by atoms with Gasteiger partial charge in [-0.15, -0.1) is 0 Å². The van der Waals surface area contributed by atoms with E-state index in [0.717, 1.165) is 0 Å². The van der Waals surface area contributed by atoms with Gasteiger partial charge in [-0.25, -0.2) is 8.78 Å². The predicted octanol–water partition coefficient (Wildman–Crippen LogP) is 2.28. The van der Waals surface area contributed by atoms with Gasteiger partial charge in [0.2, 0.25) is 0 Å². The molecular weight excluding hydrogens is 280 g/mol. The second-order valence-corrected chi connectivity index (χ2v) is 4.82. The van der Waals surface area contributed by atoms with E-state index < -0.39 is 31.7 Å². The SMILES string of the molecule is CC(C)n1ccc(CC(O)COCC(F)(F)C(F)F)n1. The van der Waals surface area contributed by atoms with Crippen molar-refractivity contribution >= 4 is 0 Å². The van der Waals surface area contributed by atoms with Gasteiger partial charge >= 0.3 is 12.3 Å². The van der Waals surface area contributed by atoms with E-state index in [9.17, 15) is 22.7 Å². The van der Waals surface area contributed by atoms with Gasteiger partial charge in [-0.2, -0.15) is 13.9 Å². The third kappa shape index (κ3) is 5.09. The molecule has 1 aromatic rings. The molecule has 116 valence electrons. The second kappa shape index (κ2) is 7.03. The van der Waals surface area contributed by atoms with Gasteiger partial charge in [0.05, 0.1) is 18.4 Å². The summed E-state index contributed by atoms with van der Waals surface area (Å²) in [7, 11) is 0. The van der Waals surface area contributed by atoms with Gasteiger partial charge in [-0.05, 0) is 19.9 Å². The first kappa shape index (κ1) is 16.9. The zero-order chi connectivity index (χ0) is 15.3. The maximum atomic E-state index is 12.5. The molecule has 0 saturated carbocycles.